The zero-order valence-corrected chi connectivity index (χ0v) is 25.4. The van der Waals surface area contributed by atoms with Crippen LogP contribution in [0.1, 0.15) is 39.5 Å². The molecule has 3 aromatic heterocycles. The SMILES string of the molecule is Cc1ccc(NC(=O)c2ccc(CC(C)N(C)C)cc2C(F)(F)F)cc1Nc1nccc(-c2cncc(-c3oncc3C)c2)n1. The van der Waals surface area contributed by atoms with E-state index in [2.05, 4.69) is 30.7 Å². The van der Waals surface area contributed by atoms with Gasteiger partial charge in [-0.05, 0) is 88.8 Å². The topological polar surface area (TPSA) is 109 Å². The molecule has 0 spiro atoms. The lowest BCUT2D eigenvalue weighted by atomic mass is 9.98. The molecular formula is C33H32F3N7O2. The predicted octanol–water partition coefficient (Wildman–Crippen LogP) is 7.32. The first-order valence-corrected chi connectivity index (χ1v) is 14.1. The molecule has 0 saturated carbocycles. The number of hydrogen-bond donors (Lipinski definition) is 2. The van der Waals surface area contributed by atoms with Gasteiger partial charge in [0, 0.05) is 52.7 Å². The van der Waals surface area contributed by atoms with Crippen LogP contribution in [0.2, 0.25) is 0 Å². The fourth-order valence-corrected chi connectivity index (χ4v) is 4.68. The number of carbonyl (C=O) groups excluding carboxylic acids is 1. The number of benzene rings is 2. The van der Waals surface area contributed by atoms with Crippen molar-refractivity contribution in [2.45, 2.75) is 39.4 Å². The quantitative estimate of drug-likeness (QED) is 0.178. The Morgan fingerprint density at radius 1 is 0.978 bits per heavy atom. The number of halogens is 3. The number of hydrogen-bond acceptors (Lipinski definition) is 8. The van der Waals surface area contributed by atoms with Crippen LogP contribution >= 0.6 is 0 Å². The summed E-state index contributed by atoms with van der Waals surface area (Å²) in [5.41, 5.74) is 3.71. The number of likely N-dealkylation sites (N-methyl/N-ethyl adjacent to an activating group) is 1. The Morgan fingerprint density at radius 2 is 1.76 bits per heavy atom. The minimum atomic E-state index is -4.70. The third-order valence-electron chi connectivity index (χ3n) is 7.49. The fourth-order valence-electron chi connectivity index (χ4n) is 4.68. The highest BCUT2D eigenvalue weighted by molar-refractivity contribution is 6.05. The van der Waals surface area contributed by atoms with Gasteiger partial charge in [-0.2, -0.15) is 13.2 Å². The van der Waals surface area contributed by atoms with Crippen molar-refractivity contribution >= 4 is 23.2 Å². The summed E-state index contributed by atoms with van der Waals surface area (Å²) in [5.74, 6) is 0.0302. The van der Waals surface area contributed by atoms with Crippen LogP contribution in [0.15, 0.2) is 77.8 Å². The minimum Gasteiger partial charge on any atom is -0.356 e. The molecule has 1 amide bonds. The molecule has 0 aliphatic carbocycles. The van der Waals surface area contributed by atoms with E-state index in [0.29, 0.717) is 34.8 Å². The number of nitrogens with one attached hydrogen (secondary N) is 2. The van der Waals surface area contributed by atoms with Crippen LogP contribution in [0.5, 0.6) is 0 Å². The van der Waals surface area contributed by atoms with Crippen molar-refractivity contribution in [3.8, 4) is 22.6 Å². The van der Waals surface area contributed by atoms with Crippen molar-refractivity contribution in [1.82, 2.24) is 25.0 Å². The van der Waals surface area contributed by atoms with Crippen LogP contribution in [-0.2, 0) is 12.6 Å². The van der Waals surface area contributed by atoms with Crippen molar-refractivity contribution in [3.63, 3.8) is 0 Å². The molecule has 45 heavy (non-hydrogen) atoms. The summed E-state index contributed by atoms with van der Waals surface area (Å²) in [5, 5.41) is 9.59. The van der Waals surface area contributed by atoms with Crippen molar-refractivity contribution < 1.29 is 22.5 Å². The molecular weight excluding hydrogens is 583 g/mol. The average molecular weight is 616 g/mol. The van der Waals surface area contributed by atoms with Crippen LogP contribution in [-0.4, -0.2) is 51.1 Å². The minimum absolute atomic E-state index is 0.0271. The molecule has 1 unspecified atom stereocenters. The Hall–Kier alpha value is -5.10. The van der Waals surface area contributed by atoms with Gasteiger partial charge in [0.1, 0.15) is 0 Å². The van der Waals surface area contributed by atoms with Gasteiger partial charge in [0.05, 0.1) is 23.0 Å². The van der Waals surface area contributed by atoms with Gasteiger partial charge in [0.25, 0.3) is 5.91 Å². The number of amides is 1. The van der Waals surface area contributed by atoms with Gasteiger partial charge in [0.2, 0.25) is 5.95 Å². The van der Waals surface area contributed by atoms with Crippen LogP contribution in [0.3, 0.4) is 0 Å². The standard InChI is InChI=1S/C33H32F3N7O2/c1-19-6-8-25(40-31(44)26-9-7-22(12-21(3)43(4)5)13-27(26)33(34,35)36)15-29(19)42-32-38-11-10-28(41-32)23-14-24(18-37-17-23)30-20(2)16-39-45-30/h6-11,13-18,21H,12H2,1-5H3,(H,40,44)(H,38,41,42). The molecule has 0 bridgehead atoms. The number of carbonyl (C=O) groups is 1. The number of anilines is 3. The van der Waals surface area contributed by atoms with Crippen LogP contribution in [0.25, 0.3) is 22.6 Å². The number of rotatable bonds is 9. The molecule has 0 aliphatic heterocycles. The first-order chi connectivity index (χ1) is 21.4. The van der Waals surface area contributed by atoms with Gasteiger partial charge in [-0.1, -0.05) is 17.3 Å². The number of pyridine rings is 1. The first-order valence-electron chi connectivity index (χ1n) is 14.1. The Morgan fingerprint density at radius 3 is 2.47 bits per heavy atom. The molecule has 0 saturated heterocycles. The molecule has 12 heteroatoms. The highest BCUT2D eigenvalue weighted by Crippen LogP contribution is 2.34. The summed E-state index contributed by atoms with van der Waals surface area (Å²) in [4.78, 5) is 28.3. The lowest BCUT2D eigenvalue weighted by Gasteiger charge is -2.21. The number of aromatic nitrogens is 4. The van der Waals surface area contributed by atoms with E-state index in [0.717, 1.165) is 28.3 Å². The summed E-state index contributed by atoms with van der Waals surface area (Å²) < 4.78 is 47.4. The monoisotopic (exact) mass is 615 g/mol. The van der Waals surface area contributed by atoms with E-state index in [1.165, 1.54) is 6.07 Å². The number of alkyl halides is 3. The highest BCUT2D eigenvalue weighted by Gasteiger charge is 2.35. The third kappa shape index (κ3) is 7.35. The molecule has 0 aliphatic rings. The van der Waals surface area contributed by atoms with Gasteiger partial charge < -0.3 is 20.1 Å². The van der Waals surface area contributed by atoms with Crippen LogP contribution < -0.4 is 10.6 Å². The number of aryl methyl sites for hydroxylation is 2. The van der Waals surface area contributed by atoms with Gasteiger partial charge in [0.15, 0.2) is 5.76 Å². The summed E-state index contributed by atoms with van der Waals surface area (Å²) >= 11 is 0. The summed E-state index contributed by atoms with van der Waals surface area (Å²) in [6.07, 6.45) is 2.30. The van der Waals surface area contributed by atoms with Crippen molar-refractivity contribution in [2.24, 2.45) is 0 Å². The molecule has 3 heterocycles. The van der Waals surface area contributed by atoms with E-state index < -0.39 is 23.2 Å². The summed E-state index contributed by atoms with van der Waals surface area (Å²) in [6, 6.07) is 12.5. The lowest BCUT2D eigenvalue weighted by molar-refractivity contribution is -0.138. The van der Waals surface area contributed by atoms with E-state index in [1.807, 2.05) is 45.8 Å². The van der Waals surface area contributed by atoms with Crippen molar-refractivity contribution in [2.75, 3.05) is 24.7 Å². The number of nitrogens with zero attached hydrogens (tertiary/aromatic N) is 5. The molecule has 5 rings (SSSR count). The summed E-state index contributed by atoms with van der Waals surface area (Å²) in [7, 11) is 3.73. The zero-order valence-electron chi connectivity index (χ0n) is 25.4. The molecule has 232 valence electrons. The Labute approximate surface area is 258 Å². The maximum atomic E-state index is 14.0. The normalized spacial score (nSPS) is 12.3. The molecule has 2 N–H and O–H groups in total. The van der Waals surface area contributed by atoms with E-state index in [4.69, 9.17) is 4.52 Å². The van der Waals surface area contributed by atoms with Gasteiger partial charge in [-0.3, -0.25) is 9.78 Å². The second kappa shape index (κ2) is 12.9. The van der Waals surface area contributed by atoms with Gasteiger partial charge >= 0.3 is 6.18 Å². The maximum Gasteiger partial charge on any atom is 0.417 e. The Balaban J connectivity index is 1.36. The van der Waals surface area contributed by atoms with Crippen molar-refractivity contribution in [1.29, 1.82) is 0 Å². The molecule has 5 aromatic rings. The van der Waals surface area contributed by atoms with Crippen LogP contribution in [0, 0.1) is 13.8 Å². The average Bonchev–Trinajstić information content (AvgIpc) is 3.44. The maximum absolute atomic E-state index is 14.0. The van der Waals surface area contributed by atoms with Gasteiger partial charge in [-0.15, -0.1) is 0 Å². The van der Waals surface area contributed by atoms with Crippen molar-refractivity contribution in [3.05, 3.63) is 101 Å². The highest BCUT2D eigenvalue weighted by atomic mass is 19.4. The van der Waals surface area contributed by atoms with E-state index in [9.17, 15) is 18.0 Å². The molecule has 1 atom stereocenters. The predicted molar refractivity (Wildman–Crippen MR) is 166 cm³/mol. The second-order valence-electron chi connectivity index (χ2n) is 11.1. The molecule has 0 fully saturated rings. The zero-order chi connectivity index (χ0) is 32.3. The smallest absolute Gasteiger partial charge is 0.356 e. The van der Waals surface area contributed by atoms with Gasteiger partial charge in [-0.25, -0.2) is 9.97 Å². The first kappa shape index (κ1) is 31.3. The third-order valence-corrected chi connectivity index (χ3v) is 7.49. The fraction of sp³-hybridized carbons (Fsp3) is 0.242. The Bertz CT molecular complexity index is 1840. The second-order valence-corrected chi connectivity index (χ2v) is 11.1. The molecule has 2 aromatic carbocycles. The van der Waals surface area contributed by atoms with E-state index in [-0.39, 0.29) is 12.0 Å². The lowest BCUT2D eigenvalue weighted by Crippen LogP contribution is -2.27. The van der Waals surface area contributed by atoms with Crippen LogP contribution in [0.4, 0.5) is 30.5 Å². The molecule has 9 nitrogen and oxygen atoms in total. The molecule has 0 radical (unpaired) electrons. The summed E-state index contributed by atoms with van der Waals surface area (Å²) in [6.45, 7) is 5.66. The Kier molecular flexibility index (Phi) is 8.96. The van der Waals surface area contributed by atoms with E-state index >= 15 is 0 Å². The van der Waals surface area contributed by atoms with E-state index in [1.54, 1.807) is 55.1 Å². The largest absolute Gasteiger partial charge is 0.417 e.